The van der Waals surface area contributed by atoms with Crippen LogP contribution in [0.25, 0.3) is 0 Å². The lowest BCUT2D eigenvalue weighted by molar-refractivity contribution is 0.301. The third-order valence-electron chi connectivity index (χ3n) is 3.32. The van der Waals surface area contributed by atoms with Crippen molar-refractivity contribution in [2.45, 2.75) is 20.0 Å². The van der Waals surface area contributed by atoms with Crippen LogP contribution in [0.2, 0.25) is 0 Å². The number of anilines is 1. The summed E-state index contributed by atoms with van der Waals surface area (Å²) in [6.07, 6.45) is 1.81. The van der Waals surface area contributed by atoms with Crippen molar-refractivity contribution in [2.24, 2.45) is 0 Å². The molecule has 0 radical (unpaired) electrons. The zero-order valence-corrected chi connectivity index (χ0v) is 12.5. The van der Waals surface area contributed by atoms with Crippen LogP contribution in [0, 0.1) is 0 Å². The molecule has 21 heavy (non-hydrogen) atoms. The first-order valence-corrected chi connectivity index (χ1v) is 7.39. The van der Waals surface area contributed by atoms with Gasteiger partial charge in [-0.1, -0.05) is 43.3 Å². The summed E-state index contributed by atoms with van der Waals surface area (Å²) < 4.78 is 0. The van der Waals surface area contributed by atoms with Crippen molar-refractivity contribution in [3.63, 3.8) is 0 Å². The van der Waals surface area contributed by atoms with Crippen LogP contribution in [0.15, 0.2) is 48.7 Å². The highest BCUT2D eigenvalue weighted by molar-refractivity contribution is 5.47. The van der Waals surface area contributed by atoms with Gasteiger partial charge in [0.05, 0.1) is 6.61 Å². The Morgan fingerprint density at radius 2 is 1.95 bits per heavy atom. The second-order valence-electron chi connectivity index (χ2n) is 4.90. The van der Waals surface area contributed by atoms with Crippen LogP contribution in [0.5, 0.6) is 0 Å². The molecule has 4 nitrogen and oxygen atoms in total. The van der Waals surface area contributed by atoms with Crippen molar-refractivity contribution >= 4 is 5.82 Å². The van der Waals surface area contributed by atoms with E-state index in [1.54, 1.807) is 6.20 Å². The molecule has 0 fully saturated rings. The monoisotopic (exact) mass is 285 g/mol. The summed E-state index contributed by atoms with van der Waals surface area (Å²) in [5.41, 5.74) is 2.37. The minimum atomic E-state index is 0.115. The second kappa shape index (κ2) is 8.39. The second-order valence-corrected chi connectivity index (χ2v) is 4.90. The quantitative estimate of drug-likeness (QED) is 0.780. The Hall–Kier alpha value is -1.91. The number of rotatable bonds is 8. The molecule has 0 unspecified atom stereocenters. The van der Waals surface area contributed by atoms with E-state index in [4.69, 9.17) is 0 Å². The van der Waals surface area contributed by atoms with Crippen LogP contribution in [0.4, 0.5) is 5.82 Å². The van der Waals surface area contributed by atoms with Gasteiger partial charge < -0.3 is 15.3 Å². The smallest absolute Gasteiger partial charge is 0.133 e. The molecular formula is C17H23N3O. The van der Waals surface area contributed by atoms with E-state index in [0.29, 0.717) is 6.54 Å². The molecule has 0 atom stereocenters. The summed E-state index contributed by atoms with van der Waals surface area (Å²) in [4.78, 5) is 6.65. The number of nitrogens with zero attached hydrogens (tertiary/aromatic N) is 2. The summed E-state index contributed by atoms with van der Waals surface area (Å²) in [7, 11) is 0. The van der Waals surface area contributed by atoms with Gasteiger partial charge in [0, 0.05) is 31.4 Å². The molecule has 0 saturated carbocycles. The zero-order chi connectivity index (χ0) is 14.9. The molecule has 1 aromatic heterocycles. The number of nitrogens with one attached hydrogen (secondary N) is 1. The van der Waals surface area contributed by atoms with Crippen molar-refractivity contribution < 1.29 is 5.11 Å². The lowest BCUT2D eigenvalue weighted by Gasteiger charge is -2.25. The number of aliphatic hydroxyl groups excluding tert-OH is 1. The number of hydrogen-bond acceptors (Lipinski definition) is 4. The summed E-state index contributed by atoms with van der Waals surface area (Å²) in [6, 6.07) is 14.3. The third kappa shape index (κ3) is 4.55. The van der Waals surface area contributed by atoms with Gasteiger partial charge >= 0.3 is 0 Å². The molecule has 0 amide bonds. The fraction of sp³-hybridized carbons (Fsp3) is 0.353. The number of benzene rings is 1. The molecule has 0 aliphatic rings. The molecule has 1 heterocycles. The molecule has 1 aromatic carbocycles. The summed E-state index contributed by atoms with van der Waals surface area (Å²) in [6.45, 7) is 5.24. The highest BCUT2D eigenvalue weighted by atomic mass is 16.3. The van der Waals surface area contributed by atoms with Crippen LogP contribution in [0.1, 0.15) is 18.1 Å². The molecule has 2 rings (SSSR count). The largest absolute Gasteiger partial charge is 0.395 e. The Labute approximate surface area is 126 Å². The van der Waals surface area contributed by atoms with Crippen molar-refractivity contribution in [2.75, 3.05) is 24.6 Å². The van der Waals surface area contributed by atoms with Gasteiger partial charge in [0.2, 0.25) is 0 Å². The molecule has 0 aliphatic heterocycles. The van der Waals surface area contributed by atoms with Gasteiger partial charge in [0.25, 0.3) is 0 Å². The number of aliphatic hydroxyl groups is 1. The minimum absolute atomic E-state index is 0.115. The van der Waals surface area contributed by atoms with Crippen LogP contribution in [0.3, 0.4) is 0 Å². The first kappa shape index (κ1) is 15.5. The van der Waals surface area contributed by atoms with Gasteiger partial charge in [-0.25, -0.2) is 4.98 Å². The molecule has 0 bridgehead atoms. The number of hydrogen-bond donors (Lipinski definition) is 2. The average molecular weight is 285 g/mol. The van der Waals surface area contributed by atoms with Crippen molar-refractivity contribution in [3.05, 3.63) is 59.8 Å². The summed E-state index contributed by atoms with van der Waals surface area (Å²) in [5, 5.41) is 12.7. The van der Waals surface area contributed by atoms with E-state index in [-0.39, 0.29) is 6.61 Å². The summed E-state index contributed by atoms with van der Waals surface area (Å²) >= 11 is 0. The van der Waals surface area contributed by atoms with Crippen molar-refractivity contribution in [3.8, 4) is 0 Å². The maximum Gasteiger partial charge on any atom is 0.133 e. The van der Waals surface area contributed by atoms with E-state index in [0.717, 1.165) is 31.0 Å². The zero-order valence-electron chi connectivity index (χ0n) is 12.5. The van der Waals surface area contributed by atoms with E-state index in [1.165, 1.54) is 5.56 Å². The SMILES string of the molecule is CCNCc1cccnc1N(CCO)Cc1ccccc1. The van der Waals surface area contributed by atoms with Crippen LogP contribution in [-0.4, -0.2) is 29.8 Å². The lowest BCUT2D eigenvalue weighted by atomic mass is 10.2. The molecule has 0 aliphatic carbocycles. The normalized spacial score (nSPS) is 10.6. The predicted molar refractivity (Wildman–Crippen MR) is 86.2 cm³/mol. The number of aromatic nitrogens is 1. The van der Waals surface area contributed by atoms with E-state index >= 15 is 0 Å². The van der Waals surface area contributed by atoms with Gasteiger partial charge in [-0.2, -0.15) is 0 Å². The standard InChI is InChI=1S/C17H23N3O/c1-2-18-13-16-9-6-10-19-17(16)20(11-12-21)14-15-7-4-3-5-8-15/h3-10,18,21H,2,11-14H2,1H3. The maximum atomic E-state index is 9.36. The van der Waals surface area contributed by atoms with Crippen LogP contribution in [-0.2, 0) is 13.1 Å². The Balaban J connectivity index is 2.21. The molecule has 0 saturated heterocycles. The Morgan fingerprint density at radius 1 is 1.14 bits per heavy atom. The van der Waals surface area contributed by atoms with Crippen LogP contribution >= 0.6 is 0 Å². The fourth-order valence-corrected chi connectivity index (χ4v) is 2.30. The van der Waals surface area contributed by atoms with Gasteiger partial charge in [0.1, 0.15) is 5.82 Å². The molecule has 0 spiro atoms. The Kier molecular flexibility index (Phi) is 6.19. The highest BCUT2D eigenvalue weighted by Crippen LogP contribution is 2.19. The third-order valence-corrected chi connectivity index (χ3v) is 3.32. The first-order chi connectivity index (χ1) is 10.3. The highest BCUT2D eigenvalue weighted by Gasteiger charge is 2.12. The van der Waals surface area contributed by atoms with E-state index in [9.17, 15) is 5.11 Å². The molecule has 112 valence electrons. The predicted octanol–water partition coefficient (Wildman–Crippen LogP) is 2.19. The van der Waals surface area contributed by atoms with Crippen molar-refractivity contribution in [1.82, 2.24) is 10.3 Å². The van der Waals surface area contributed by atoms with Gasteiger partial charge in [-0.3, -0.25) is 0 Å². The van der Waals surface area contributed by atoms with Gasteiger partial charge in [0.15, 0.2) is 0 Å². The summed E-state index contributed by atoms with van der Waals surface area (Å²) in [5.74, 6) is 0.941. The first-order valence-electron chi connectivity index (χ1n) is 7.39. The van der Waals surface area contributed by atoms with E-state index in [1.807, 2.05) is 24.3 Å². The molecular weight excluding hydrogens is 262 g/mol. The van der Waals surface area contributed by atoms with Gasteiger partial charge in [-0.15, -0.1) is 0 Å². The van der Waals surface area contributed by atoms with E-state index in [2.05, 4.69) is 40.3 Å². The molecule has 2 aromatic rings. The van der Waals surface area contributed by atoms with E-state index < -0.39 is 0 Å². The number of pyridine rings is 1. The molecule has 2 N–H and O–H groups in total. The Morgan fingerprint density at radius 3 is 2.67 bits per heavy atom. The Bertz CT molecular complexity index is 531. The van der Waals surface area contributed by atoms with Gasteiger partial charge in [-0.05, 0) is 18.2 Å². The minimum Gasteiger partial charge on any atom is -0.395 e. The fourth-order valence-electron chi connectivity index (χ4n) is 2.30. The van der Waals surface area contributed by atoms with Crippen LogP contribution < -0.4 is 10.2 Å². The molecule has 4 heteroatoms. The maximum absolute atomic E-state index is 9.36. The average Bonchev–Trinajstić information content (AvgIpc) is 2.54. The lowest BCUT2D eigenvalue weighted by Crippen LogP contribution is -2.29. The van der Waals surface area contributed by atoms with Crippen molar-refractivity contribution in [1.29, 1.82) is 0 Å². The topological polar surface area (TPSA) is 48.4 Å².